The molecule has 0 fully saturated rings. The lowest BCUT2D eigenvalue weighted by Crippen LogP contribution is -2.32. The lowest BCUT2D eigenvalue weighted by atomic mass is 9.70. The maximum atomic E-state index is 6.46. The van der Waals surface area contributed by atoms with Gasteiger partial charge in [0.1, 0.15) is 0 Å². The Morgan fingerprint density at radius 3 is 1.77 bits per heavy atom. The monoisotopic (exact) mass is 734 g/mol. The Morgan fingerprint density at radius 2 is 0.965 bits per heavy atom. The van der Waals surface area contributed by atoms with E-state index in [1.54, 1.807) is 0 Å². The molecule has 0 aromatic heterocycles. The van der Waals surface area contributed by atoms with Crippen molar-refractivity contribution in [3.8, 4) is 44.9 Å². The SMILES string of the molecule is CC1(C)c2ccccc2-c2ccc(N(c3ccccc3)c3ccc(-c4ccc(-c5cccc6c5C(C)(C)c5cccc7c5N6c5ccccc5O7)cc4)cc3)cc21. The van der Waals surface area contributed by atoms with Crippen LogP contribution in [0.25, 0.3) is 33.4 Å². The summed E-state index contributed by atoms with van der Waals surface area (Å²) in [5.41, 5.74) is 19.4. The number of nitrogens with zero attached hydrogens (tertiary/aromatic N) is 2. The Bertz CT molecular complexity index is 2870. The van der Waals surface area contributed by atoms with Crippen LogP contribution in [0.15, 0.2) is 182 Å². The van der Waals surface area contributed by atoms with Gasteiger partial charge in [-0.15, -0.1) is 0 Å². The smallest absolute Gasteiger partial charge is 0.151 e. The van der Waals surface area contributed by atoms with Crippen molar-refractivity contribution in [2.24, 2.45) is 0 Å². The van der Waals surface area contributed by atoms with Gasteiger partial charge < -0.3 is 14.5 Å². The Kier molecular flexibility index (Phi) is 7.25. The van der Waals surface area contributed by atoms with Crippen LogP contribution in [0.2, 0.25) is 0 Å². The third-order valence-electron chi connectivity index (χ3n) is 12.6. The van der Waals surface area contributed by atoms with Gasteiger partial charge in [0.2, 0.25) is 0 Å². The van der Waals surface area contributed by atoms with E-state index in [0.717, 1.165) is 39.9 Å². The number of hydrogen-bond donors (Lipinski definition) is 0. The second-order valence-corrected chi connectivity index (χ2v) is 16.6. The van der Waals surface area contributed by atoms with Crippen molar-refractivity contribution in [1.29, 1.82) is 0 Å². The molecule has 0 amide bonds. The van der Waals surface area contributed by atoms with Crippen LogP contribution in [0.5, 0.6) is 11.5 Å². The summed E-state index contributed by atoms with van der Waals surface area (Å²) in [4.78, 5) is 4.78. The number of rotatable bonds is 5. The van der Waals surface area contributed by atoms with Crippen LogP contribution >= 0.6 is 0 Å². The molecule has 8 aromatic carbocycles. The van der Waals surface area contributed by atoms with Gasteiger partial charge in [0.05, 0.1) is 17.1 Å². The highest BCUT2D eigenvalue weighted by Crippen LogP contribution is 2.61. The average molecular weight is 735 g/mol. The summed E-state index contributed by atoms with van der Waals surface area (Å²) in [6, 6.07) is 66.2. The van der Waals surface area contributed by atoms with Gasteiger partial charge in [0.25, 0.3) is 0 Å². The molecular formula is C54H42N2O. The quantitative estimate of drug-likeness (QED) is 0.175. The van der Waals surface area contributed by atoms with E-state index >= 15 is 0 Å². The zero-order valence-electron chi connectivity index (χ0n) is 32.6. The summed E-state index contributed by atoms with van der Waals surface area (Å²) >= 11 is 0. The lowest BCUT2D eigenvalue weighted by molar-refractivity contribution is 0.471. The van der Waals surface area contributed by atoms with Crippen LogP contribution in [0.4, 0.5) is 34.1 Å². The summed E-state index contributed by atoms with van der Waals surface area (Å²) in [6.07, 6.45) is 0. The van der Waals surface area contributed by atoms with Crippen molar-refractivity contribution < 1.29 is 4.74 Å². The number of fused-ring (bicyclic) bond motifs is 7. The van der Waals surface area contributed by atoms with Gasteiger partial charge >= 0.3 is 0 Å². The Balaban J connectivity index is 0.945. The highest BCUT2D eigenvalue weighted by atomic mass is 16.5. The highest BCUT2D eigenvalue weighted by Gasteiger charge is 2.43. The van der Waals surface area contributed by atoms with Crippen molar-refractivity contribution in [2.45, 2.75) is 38.5 Å². The predicted molar refractivity (Wildman–Crippen MR) is 236 cm³/mol. The van der Waals surface area contributed by atoms with E-state index in [0.29, 0.717) is 0 Å². The number of anilines is 6. The largest absolute Gasteiger partial charge is 0.453 e. The van der Waals surface area contributed by atoms with E-state index in [9.17, 15) is 0 Å². The highest BCUT2D eigenvalue weighted by molar-refractivity contribution is 5.96. The lowest BCUT2D eigenvalue weighted by Gasteiger charge is -2.45. The van der Waals surface area contributed by atoms with Crippen LogP contribution in [0.3, 0.4) is 0 Å². The van der Waals surface area contributed by atoms with Crippen molar-refractivity contribution in [3.63, 3.8) is 0 Å². The summed E-state index contributed by atoms with van der Waals surface area (Å²) in [5.74, 6) is 1.78. The Labute approximate surface area is 335 Å². The molecule has 0 N–H and O–H groups in total. The molecule has 0 unspecified atom stereocenters. The zero-order chi connectivity index (χ0) is 38.5. The van der Waals surface area contributed by atoms with Crippen LogP contribution in [0, 0.1) is 0 Å². The number of para-hydroxylation sites is 4. The molecule has 274 valence electrons. The molecule has 0 radical (unpaired) electrons. The van der Waals surface area contributed by atoms with Gasteiger partial charge in [-0.25, -0.2) is 0 Å². The molecule has 3 aliphatic rings. The predicted octanol–water partition coefficient (Wildman–Crippen LogP) is 15.0. The molecule has 8 aromatic rings. The third kappa shape index (κ3) is 4.98. The molecule has 2 aliphatic heterocycles. The van der Waals surface area contributed by atoms with E-state index < -0.39 is 0 Å². The average Bonchev–Trinajstić information content (AvgIpc) is 3.48. The summed E-state index contributed by atoms with van der Waals surface area (Å²) in [6.45, 7) is 9.39. The van der Waals surface area contributed by atoms with Gasteiger partial charge in [-0.05, 0) is 116 Å². The molecule has 0 spiro atoms. The van der Waals surface area contributed by atoms with E-state index in [4.69, 9.17) is 4.74 Å². The van der Waals surface area contributed by atoms with Crippen LogP contribution in [0.1, 0.15) is 49.9 Å². The van der Waals surface area contributed by atoms with Crippen LogP contribution in [-0.4, -0.2) is 0 Å². The van der Waals surface area contributed by atoms with Crippen molar-refractivity contribution in [1.82, 2.24) is 0 Å². The minimum Gasteiger partial charge on any atom is -0.453 e. The van der Waals surface area contributed by atoms with Gasteiger partial charge in [0, 0.05) is 27.9 Å². The van der Waals surface area contributed by atoms with Crippen molar-refractivity contribution in [3.05, 3.63) is 204 Å². The van der Waals surface area contributed by atoms with E-state index in [-0.39, 0.29) is 10.8 Å². The minimum atomic E-state index is -0.249. The fourth-order valence-electron chi connectivity index (χ4n) is 9.82. The zero-order valence-corrected chi connectivity index (χ0v) is 32.6. The number of ether oxygens (including phenoxy) is 1. The van der Waals surface area contributed by atoms with E-state index in [2.05, 4.69) is 213 Å². The number of benzene rings is 8. The Hall–Kier alpha value is -6.84. The maximum Gasteiger partial charge on any atom is 0.151 e. The fourth-order valence-corrected chi connectivity index (χ4v) is 9.82. The summed E-state index contributed by atoms with van der Waals surface area (Å²) < 4.78 is 6.46. The van der Waals surface area contributed by atoms with Gasteiger partial charge in [-0.2, -0.15) is 0 Å². The van der Waals surface area contributed by atoms with Crippen molar-refractivity contribution >= 4 is 34.1 Å². The second kappa shape index (κ2) is 12.3. The maximum absolute atomic E-state index is 6.46. The van der Waals surface area contributed by atoms with Crippen molar-refractivity contribution in [2.75, 3.05) is 9.80 Å². The molecule has 2 heterocycles. The fraction of sp³-hybridized carbons (Fsp3) is 0.111. The molecule has 11 rings (SSSR count). The standard InChI is InChI=1S/C54H42N2O/c1-53(2)44-18-9-8-16-42(44)43-33-32-40(34-46(43)53)55(38-14-6-5-7-15-38)39-30-28-36(29-31-39)35-24-26-37(27-25-35)41-17-12-21-48-51(41)54(3,4)45-19-13-23-50-52(45)56(48)47-20-10-11-22-49(47)57-50/h5-34H,1-4H3. The molecule has 57 heavy (non-hydrogen) atoms. The van der Waals surface area contributed by atoms with E-state index in [1.165, 1.54) is 61.3 Å². The first kappa shape index (κ1) is 33.5. The molecule has 0 atom stereocenters. The Morgan fingerprint density at radius 1 is 0.404 bits per heavy atom. The summed E-state index contributed by atoms with van der Waals surface area (Å²) in [5, 5.41) is 0. The molecule has 0 bridgehead atoms. The first-order chi connectivity index (χ1) is 27.8. The second-order valence-electron chi connectivity index (χ2n) is 16.6. The van der Waals surface area contributed by atoms with Crippen LogP contribution < -0.4 is 14.5 Å². The van der Waals surface area contributed by atoms with Gasteiger partial charge in [0.15, 0.2) is 11.5 Å². The topological polar surface area (TPSA) is 15.7 Å². The first-order valence-electron chi connectivity index (χ1n) is 19.9. The minimum absolute atomic E-state index is 0.0723. The molecule has 0 saturated heterocycles. The van der Waals surface area contributed by atoms with Gasteiger partial charge in [-0.1, -0.05) is 149 Å². The third-order valence-corrected chi connectivity index (χ3v) is 12.6. The van der Waals surface area contributed by atoms with Crippen LogP contribution in [-0.2, 0) is 10.8 Å². The molecule has 1 aliphatic carbocycles. The normalized spacial score (nSPS) is 14.7. The van der Waals surface area contributed by atoms with Gasteiger partial charge in [-0.3, -0.25) is 0 Å². The molecule has 3 nitrogen and oxygen atoms in total. The molecular weight excluding hydrogens is 693 g/mol. The summed E-state index contributed by atoms with van der Waals surface area (Å²) in [7, 11) is 0. The number of hydrogen-bond acceptors (Lipinski definition) is 3. The molecule has 3 heteroatoms. The first-order valence-corrected chi connectivity index (χ1v) is 19.9. The molecule has 0 saturated carbocycles. The van der Waals surface area contributed by atoms with E-state index in [1.807, 2.05) is 6.07 Å².